The summed E-state index contributed by atoms with van der Waals surface area (Å²) in [6.45, 7) is 0.972. The first kappa shape index (κ1) is 20.8. The molecule has 0 N–H and O–H groups in total. The van der Waals surface area contributed by atoms with Gasteiger partial charge in [-0.2, -0.15) is 0 Å². The fourth-order valence-electron chi connectivity index (χ4n) is 2.31. The van der Waals surface area contributed by atoms with Crippen molar-refractivity contribution in [3.63, 3.8) is 0 Å². The first-order chi connectivity index (χ1) is 11.2. The average molecular weight is 532 g/mol. The molecule has 0 spiro atoms. The van der Waals surface area contributed by atoms with Crippen molar-refractivity contribution in [1.82, 2.24) is 0 Å². The van der Waals surface area contributed by atoms with Crippen LogP contribution in [0, 0.1) is 0 Å². The Labute approximate surface area is 167 Å². The maximum atomic E-state index is 8.89. The van der Waals surface area contributed by atoms with Crippen LogP contribution in [0.3, 0.4) is 0 Å². The van der Waals surface area contributed by atoms with Crippen LogP contribution in [0.1, 0.15) is 6.92 Å². The van der Waals surface area contributed by atoms with Crippen LogP contribution in [0.4, 0.5) is 0 Å². The summed E-state index contributed by atoms with van der Waals surface area (Å²) in [5.74, 6) is -1.08. The van der Waals surface area contributed by atoms with Gasteiger partial charge in [0, 0.05) is 5.97 Å². The molecule has 0 aromatic heterocycles. The zero-order valence-electron chi connectivity index (χ0n) is 13.0. The van der Waals surface area contributed by atoms with Crippen molar-refractivity contribution in [2.45, 2.75) is 6.92 Å². The van der Waals surface area contributed by atoms with E-state index in [4.69, 9.17) is 9.90 Å². The zero-order valence-corrected chi connectivity index (χ0v) is 15.8. The number of carboxylic acids is 1. The van der Waals surface area contributed by atoms with Crippen LogP contribution in [-0.4, -0.2) is 49.6 Å². The van der Waals surface area contributed by atoms with E-state index in [2.05, 4.69) is 91.0 Å². The summed E-state index contributed by atoms with van der Waals surface area (Å²) in [6, 6.07) is 32.9. The van der Waals surface area contributed by atoms with Gasteiger partial charge in [0.2, 0.25) is 0 Å². The minimum absolute atomic E-state index is 0. The van der Waals surface area contributed by atoms with Gasteiger partial charge in [-0.15, -0.1) is 0 Å². The van der Waals surface area contributed by atoms with Crippen LogP contribution in [-0.2, 0) is 4.79 Å². The molecule has 3 aromatic rings. The molecule has 0 atom stereocenters. The van der Waals surface area contributed by atoms with Crippen LogP contribution in [0.25, 0.3) is 0 Å². The number of aliphatic carboxylic acids is 1. The molecular weight excluding hydrogens is 510 g/mol. The van der Waals surface area contributed by atoms with E-state index in [0.29, 0.717) is 0 Å². The molecule has 122 valence electrons. The van der Waals surface area contributed by atoms with Crippen molar-refractivity contribution in [3.05, 3.63) is 91.0 Å². The molecule has 0 aliphatic heterocycles. The van der Waals surface area contributed by atoms with Crippen molar-refractivity contribution in [2.24, 2.45) is 0 Å². The predicted molar refractivity (Wildman–Crippen MR) is 106 cm³/mol. The first-order valence-electron chi connectivity index (χ1n) is 7.39. The summed E-state index contributed by atoms with van der Waals surface area (Å²) < 4.78 is 4.59. The molecule has 0 saturated heterocycles. The van der Waals surface area contributed by atoms with Gasteiger partial charge in [-0.3, -0.25) is 0 Å². The summed E-state index contributed by atoms with van der Waals surface area (Å²) in [5.41, 5.74) is 0. The van der Waals surface area contributed by atoms with E-state index in [1.807, 2.05) is 0 Å². The van der Waals surface area contributed by atoms with E-state index in [-0.39, 0.29) is 23.9 Å². The van der Waals surface area contributed by atoms with Gasteiger partial charge in [0.15, 0.2) is 0 Å². The molecule has 4 heteroatoms. The third kappa shape index (κ3) is 6.69. The van der Waals surface area contributed by atoms with E-state index < -0.39 is 25.7 Å². The second kappa shape index (κ2) is 11.3. The second-order valence-corrected chi connectivity index (χ2v) is 12.0. The summed E-state index contributed by atoms with van der Waals surface area (Å²) in [6.07, 6.45) is 0. The predicted octanol–water partition coefficient (Wildman–Crippen LogP) is -0.493. The van der Waals surface area contributed by atoms with Crippen LogP contribution >= 0.6 is 0 Å². The van der Waals surface area contributed by atoms with E-state index in [9.17, 15) is 0 Å². The molecule has 0 bridgehead atoms. The van der Waals surface area contributed by atoms with Gasteiger partial charge in [-0.1, -0.05) is 0 Å². The third-order valence-corrected chi connectivity index (χ3v) is 11.0. The first-order valence-corrected chi connectivity index (χ1v) is 11.7. The van der Waals surface area contributed by atoms with E-state index in [0.717, 1.165) is 6.92 Å². The molecule has 0 heterocycles. The summed E-state index contributed by atoms with van der Waals surface area (Å²) in [7, 11) is 0. The van der Waals surface area contributed by atoms with Gasteiger partial charge in [-0.05, 0) is 6.92 Å². The van der Waals surface area contributed by atoms with Gasteiger partial charge in [0.1, 0.15) is 0 Å². The second-order valence-electron chi connectivity index (χ2n) is 4.96. The Morgan fingerprint density at radius 1 is 0.667 bits per heavy atom. The molecule has 0 fully saturated rings. The summed E-state index contributed by atoms with van der Waals surface area (Å²) in [4.78, 5) is 8.89. The van der Waals surface area contributed by atoms with Crippen LogP contribution in [0.15, 0.2) is 91.0 Å². The number of rotatable bonds is 3. The fraction of sp³-hybridized carbons (Fsp3) is 0.0500. The van der Waals surface area contributed by atoms with Crippen LogP contribution in [0.5, 0.6) is 0 Å². The Bertz CT molecular complexity index is 618. The summed E-state index contributed by atoms with van der Waals surface area (Å²) in [5, 5.41) is 8.89. The van der Waals surface area contributed by atoms with E-state index >= 15 is 0 Å². The van der Waals surface area contributed by atoms with Gasteiger partial charge >= 0.3 is 145 Å². The van der Waals surface area contributed by atoms with E-state index in [1.54, 1.807) is 0 Å². The molecule has 0 amide bonds. The summed E-state index contributed by atoms with van der Waals surface area (Å²) >= 11 is -1.98. The van der Waals surface area contributed by atoms with Crippen LogP contribution < -0.4 is 15.8 Å². The van der Waals surface area contributed by atoms with E-state index in [1.165, 1.54) is 10.7 Å². The Kier molecular flexibility index (Phi) is 9.79. The molecule has 2 nitrogen and oxygen atoms in total. The van der Waals surface area contributed by atoms with Gasteiger partial charge < -0.3 is 9.90 Å². The van der Waals surface area contributed by atoms with Gasteiger partial charge in [0.05, 0.1) is 0 Å². The molecule has 3 aromatic carbocycles. The van der Waals surface area contributed by atoms with Crippen molar-refractivity contribution in [3.8, 4) is 0 Å². The molecular formula is C20H22O2Sn2. The quantitative estimate of drug-likeness (QED) is 0.428. The SMILES string of the molecule is CC(=O)[O-].[SnH4].c1cc[c]([Sn+]([c]2ccccc2)[c]2ccccc2)cc1. The minimum atomic E-state index is -1.98. The third-order valence-electron chi connectivity index (χ3n) is 3.19. The Balaban J connectivity index is 0.000000522. The monoisotopic (exact) mass is 534 g/mol. The number of carbonyl (C=O) groups is 1. The van der Waals surface area contributed by atoms with Crippen molar-refractivity contribution in [2.75, 3.05) is 0 Å². The molecule has 3 rings (SSSR count). The topological polar surface area (TPSA) is 40.1 Å². The number of carbonyl (C=O) groups excluding carboxylic acids is 1. The molecule has 24 heavy (non-hydrogen) atoms. The normalized spacial score (nSPS) is 9.04. The van der Waals surface area contributed by atoms with Gasteiger partial charge in [-0.25, -0.2) is 0 Å². The Hall–Kier alpha value is -1.27. The van der Waals surface area contributed by atoms with Crippen molar-refractivity contribution >= 4 is 60.4 Å². The van der Waals surface area contributed by atoms with Gasteiger partial charge in [0.25, 0.3) is 0 Å². The molecule has 0 unspecified atom stereocenters. The molecule has 0 aliphatic rings. The van der Waals surface area contributed by atoms with Crippen molar-refractivity contribution in [1.29, 1.82) is 0 Å². The molecule has 0 radical (unpaired) electrons. The zero-order chi connectivity index (χ0) is 16.5. The number of carboxylic acid groups (broad SMARTS) is 1. The average Bonchev–Trinajstić information content (AvgIpc) is 2.58. The number of hydrogen-bond acceptors (Lipinski definition) is 2. The maximum absolute atomic E-state index is 8.89. The number of hydrogen-bond donors (Lipinski definition) is 0. The van der Waals surface area contributed by atoms with Crippen molar-refractivity contribution < 1.29 is 9.90 Å². The fourth-order valence-corrected chi connectivity index (χ4v) is 9.67. The van der Waals surface area contributed by atoms with Crippen LogP contribution in [0.2, 0.25) is 0 Å². The molecule has 0 saturated carbocycles. The molecule has 0 aliphatic carbocycles. The Morgan fingerprint density at radius 3 is 1.08 bits per heavy atom. The standard InChI is InChI=1S/3C6H5.C2H4O2.2Sn.4H/c3*1-2-4-6-5-3-1;1-2(3)4;;;;;;/h3*1-5H;1H3,(H,3,4);;;;;;/q;;;;;+1;;;;/p-1. The Morgan fingerprint density at radius 2 is 0.875 bits per heavy atom. The number of benzene rings is 3.